The van der Waals surface area contributed by atoms with Crippen LogP contribution < -0.4 is 5.32 Å². The van der Waals surface area contributed by atoms with Crippen molar-refractivity contribution in [2.45, 2.75) is 25.0 Å². The molecular formula is C23H21N3O3. The van der Waals surface area contributed by atoms with Crippen molar-refractivity contribution in [3.05, 3.63) is 95.8 Å². The Morgan fingerprint density at radius 3 is 2.62 bits per heavy atom. The molecule has 0 bridgehead atoms. The second kappa shape index (κ2) is 8.67. The summed E-state index contributed by atoms with van der Waals surface area (Å²) >= 11 is 0. The molecule has 6 heteroatoms. The Balaban J connectivity index is 1.32. The van der Waals surface area contributed by atoms with Gasteiger partial charge in [0.1, 0.15) is 0 Å². The lowest BCUT2D eigenvalue weighted by Gasteiger charge is -2.12. The molecule has 3 aromatic rings. The largest absolute Gasteiger partial charge is 0.388 e. The molecule has 2 N–H and O–H groups in total. The number of carbonyl (C=O) groups excluding carboxylic acids is 1. The molecule has 2 heterocycles. The molecule has 1 aliphatic heterocycles. The zero-order valence-corrected chi connectivity index (χ0v) is 15.7. The topological polar surface area (TPSA) is 83.8 Å². The highest BCUT2D eigenvalue weighted by atomic mass is 16.6. The highest BCUT2D eigenvalue weighted by Crippen LogP contribution is 2.21. The number of aliphatic hydroxyl groups excluding tert-OH is 1. The molecule has 1 aliphatic rings. The molecule has 0 fully saturated rings. The first-order valence-electron chi connectivity index (χ1n) is 9.45. The minimum atomic E-state index is -0.662. The second-order valence-corrected chi connectivity index (χ2v) is 6.89. The third-order valence-corrected chi connectivity index (χ3v) is 4.79. The molecule has 0 spiro atoms. The summed E-state index contributed by atoms with van der Waals surface area (Å²) in [6.07, 6.45) is 3.07. The summed E-state index contributed by atoms with van der Waals surface area (Å²) in [7, 11) is 0. The maximum Gasteiger partial charge on any atom is 0.268 e. The van der Waals surface area contributed by atoms with Crippen molar-refractivity contribution >= 4 is 17.3 Å². The molecule has 0 saturated heterocycles. The van der Waals surface area contributed by atoms with Gasteiger partial charge < -0.3 is 15.3 Å². The summed E-state index contributed by atoms with van der Waals surface area (Å²) in [6, 6.07) is 20.7. The fourth-order valence-corrected chi connectivity index (χ4v) is 3.19. The van der Waals surface area contributed by atoms with Gasteiger partial charge in [0.2, 0.25) is 6.10 Å². The van der Waals surface area contributed by atoms with Crippen LogP contribution in [0.15, 0.2) is 84.3 Å². The van der Waals surface area contributed by atoms with Gasteiger partial charge >= 0.3 is 0 Å². The van der Waals surface area contributed by atoms with Crippen molar-refractivity contribution < 1.29 is 14.7 Å². The zero-order valence-electron chi connectivity index (χ0n) is 15.7. The van der Waals surface area contributed by atoms with Crippen molar-refractivity contribution in [1.29, 1.82) is 0 Å². The van der Waals surface area contributed by atoms with E-state index in [9.17, 15) is 9.90 Å². The lowest BCUT2D eigenvalue weighted by Crippen LogP contribution is -2.28. The first-order valence-corrected chi connectivity index (χ1v) is 9.45. The van der Waals surface area contributed by atoms with Crippen molar-refractivity contribution in [2.75, 3.05) is 5.32 Å². The Kier molecular flexibility index (Phi) is 5.63. The summed E-state index contributed by atoms with van der Waals surface area (Å²) in [6.45, 7) is 0. The summed E-state index contributed by atoms with van der Waals surface area (Å²) < 4.78 is 0. The number of aromatic nitrogens is 1. The lowest BCUT2D eigenvalue weighted by molar-refractivity contribution is -0.125. The number of nitrogens with one attached hydrogen (secondary N) is 1. The maximum absolute atomic E-state index is 12.5. The monoisotopic (exact) mass is 387 g/mol. The number of benzene rings is 2. The van der Waals surface area contributed by atoms with Crippen LogP contribution in [0.4, 0.5) is 5.69 Å². The Morgan fingerprint density at radius 1 is 1.10 bits per heavy atom. The molecular weight excluding hydrogens is 366 g/mol. The SMILES string of the molecule is O=C(Nc1ccc(CC(O)c2ccccc2)cc1)C1CC(c2cccnc2)=NO1. The number of rotatable bonds is 6. The summed E-state index contributed by atoms with van der Waals surface area (Å²) in [5, 5.41) is 17.2. The number of hydrogen-bond acceptors (Lipinski definition) is 5. The number of nitrogens with zero attached hydrogens (tertiary/aromatic N) is 2. The minimum absolute atomic E-state index is 0.246. The van der Waals surface area contributed by atoms with E-state index in [1.807, 2.05) is 66.7 Å². The molecule has 146 valence electrons. The van der Waals surface area contributed by atoms with Crippen LogP contribution in [-0.4, -0.2) is 27.8 Å². The van der Waals surface area contributed by atoms with Crippen LogP contribution in [0.25, 0.3) is 0 Å². The molecule has 1 aromatic heterocycles. The van der Waals surface area contributed by atoms with Gasteiger partial charge in [0, 0.05) is 36.5 Å². The van der Waals surface area contributed by atoms with E-state index in [1.54, 1.807) is 12.4 Å². The first kappa shape index (κ1) is 18.8. The second-order valence-electron chi connectivity index (χ2n) is 6.89. The molecule has 2 unspecified atom stereocenters. The van der Waals surface area contributed by atoms with Crippen LogP contribution in [0.2, 0.25) is 0 Å². The van der Waals surface area contributed by atoms with E-state index in [0.717, 1.165) is 16.7 Å². The van der Waals surface area contributed by atoms with Gasteiger partial charge in [-0.05, 0) is 35.4 Å². The Labute approximate surface area is 168 Å². The van der Waals surface area contributed by atoms with Crippen molar-refractivity contribution in [3.8, 4) is 0 Å². The van der Waals surface area contributed by atoms with E-state index in [2.05, 4.69) is 15.5 Å². The molecule has 0 aliphatic carbocycles. The fourth-order valence-electron chi connectivity index (χ4n) is 3.19. The van der Waals surface area contributed by atoms with E-state index in [0.29, 0.717) is 24.2 Å². The summed E-state index contributed by atoms with van der Waals surface area (Å²) in [5.41, 5.74) is 4.10. The molecule has 4 rings (SSSR count). The predicted octanol–water partition coefficient (Wildman–Crippen LogP) is 3.49. The number of pyridine rings is 1. The first-order chi connectivity index (χ1) is 14.2. The van der Waals surface area contributed by atoms with Gasteiger partial charge in [0.05, 0.1) is 11.8 Å². The Hall–Kier alpha value is -3.51. The number of aliphatic hydroxyl groups is 1. The van der Waals surface area contributed by atoms with Gasteiger partial charge in [-0.25, -0.2) is 0 Å². The summed E-state index contributed by atoms with van der Waals surface area (Å²) in [4.78, 5) is 21.8. The standard InChI is InChI=1S/C23H21N3O3/c27-21(17-5-2-1-3-6-17)13-16-8-10-19(11-9-16)25-23(28)22-14-20(26-29-22)18-7-4-12-24-15-18/h1-12,15,21-22,27H,13-14H2,(H,25,28). The highest BCUT2D eigenvalue weighted by Gasteiger charge is 2.29. The van der Waals surface area contributed by atoms with Crippen LogP contribution in [0.5, 0.6) is 0 Å². The Morgan fingerprint density at radius 2 is 1.90 bits per heavy atom. The number of amides is 1. The van der Waals surface area contributed by atoms with E-state index < -0.39 is 12.2 Å². The molecule has 2 aromatic carbocycles. The third-order valence-electron chi connectivity index (χ3n) is 4.79. The molecule has 0 radical (unpaired) electrons. The quantitative estimate of drug-likeness (QED) is 0.678. The van der Waals surface area contributed by atoms with Crippen LogP contribution in [0.3, 0.4) is 0 Å². The Bertz CT molecular complexity index is 989. The van der Waals surface area contributed by atoms with E-state index >= 15 is 0 Å². The molecule has 1 amide bonds. The average molecular weight is 387 g/mol. The number of oxime groups is 1. The third kappa shape index (κ3) is 4.67. The van der Waals surface area contributed by atoms with Crippen LogP contribution in [0.1, 0.15) is 29.2 Å². The minimum Gasteiger partial charge on any atom is -0.388 e. The highest BCUT2D eigenvalue weighted by molar-refractivity contribution is 6.05. The van der Waals surface area contributed by atoms with Gasteiger partial charge in [-0.3, -0.25) is 9.78 Å². The normalized spacial score (nSPS) is 16.6. The number of hydrogen-bond donors (Lipinski definition) is 2. The summed E-state index contributed by atoms with van der Waals surface area (Å²) in [5.74, 6) is -0.246. The number of anilines is 1. The molecule has 6 nitrogen and oxygen atoms in total. The predicted molar refractivity (Wildman–Crippen MR) is 110 cm³/mol. The molecule has 29 heavy (non-hydrogen) atoms. The lowest BCUT2D eigenvalue weighted by atomic mass is 10.0. The average Bonchev–Trinajstić information content (AvgIpc) is 3.27. The fraction of sp³-hybridized carbons (Fsp3) is 0.174. The number of carbonyl (C=O) groups is 1. The zero-order chi connectivity index (χ0) is 20.1. The van der Waals surface area contributed by atoms with Gasteiger partial charge in [0.15, 0.2) is 0 Å². The van der Waals surface area contributed by atoms with Gasteiger partial charge in [0.25, 0.3) is 5.91 Å². The smallest absolute Gasteiger partial charge is 0.268 e. The van der Waals surface area contributed by atoms with Crippen LogP contribution in [0, 0.1) is 0 Å². The van der Waals surface area contributed by atoms with Gasteiger partial charge in [-0.2, -0.15) is 0 Å². The van der Waals surface area contributed by atoms with Gasteiger partial charge in [-0.1, -0.05) is 47.6 Å². The van der Waals surface area contributed by atoms with Gasteiger partial charge in [-0.15, -0.1) is 0 Å². The van der Waals surface area contributed by atoms with Crippen molar-refractivity contribution in [1.82, 2.24) is 4.98 Å². The van der Waals surface area contributed by atoms with E-state index in [-0.39, 0.29) is 5.91 Å². The van der Waals surface area contributed by atoms with Crippen LogP contribution in [-0.2, 0) is 16.1 Å². The van der Waals surface area contributed by atoms with Crippen LogP contribution >= 0.6 is 0 Å². The van der Waals surface area contributed by atoms with Crippen molar-refractivity contribution in [2.24, 2.45) is 5.16 Å². The van der Waals surface area contributed by atoms with E-state index in [4.69, 9.17) is 4.84 Å². The molecule has 0 saturated carbocycles. The van der Waals surface area contributed by atoms with E-state index in [1.165, 1.54) is 0 Å². The van der Waals surface area contributed by atoms with Crippen molar-refractivity contribution in [3.63, 3.8) is 0 Å². The maximum atomic E-state index is 12.5. The molecule has 2 atom stereocenters.